The maximum atomic E-state index is 8.33. The highest BCUT2D eigenvalue weighted by molar-refractivity contribution is 6.17. The maximum absolute atomic E-state index is 8.33. The van der Waals surface area contributed by atoms with Crippen molar-refractivity contribution in [3.8, 4) is 11.5 Å². The van der Waals surface area contributed by atoms with Gasteiger partial charge in [-0.15, -0.1) is 0 Å². The average molecular weight is 181 g/mol. The summed E-state index contributed by atoms with van der Waals surface area (Å²) < 4.78 is 4.70. The Kier molecular flexibility index (Phi) is 4.15. The molecule has 1 aromatic rings. The molecule has 69 valence electrons. The van der Waals surface area contributed by atoms with Crippen LogP contribution in [0.1, 0.15) is 6.92 Å². The first kappa shape index (κ1) is 9.89. The predicted molar refractivity (Wildman–Crippen MR) is 47.3 cm³/mol. The predicted octanol–water partition coefficient (Wildman–Crippen LogP) is 0.922. The van der Waals surface area contributed by atoms with Crippen molar-refractivity contribution in [1.82, 2.24) is 0 Å². The first-order valence-electron chi connectivity index (χ1n) is 3.89. The van der Waals surface area contributed by atoms with Crippen LogP contribution in [0.2, 0.25) is 0 Å². The van der Waals surface area contributed by atoms with Gasteiger partial charge in [0.25, 0.3) is 0 Å². The van der Waals surface area contributed by atoms with E-state index in [2.05, 4.69) is 0 Å². The quantitative estimate of drug-likeness (QED) is 0.416. The van der Waals surface area contributed by atoms with Gasteiger partial charge in [0, 0.05) is 0 Å². The van der Waals surface area contributed by atoms with Crippen LogP contribution in [0.5, 0.6) is 11.5 Å². The minimum absolute atomic E-state index is 0.489. The maximum Gasteiger partial charge on any atom is 0.569 e. The second-order valence-corrected chi connectivity index (χ2v) is 2.18. The van der Waals surface area contributed by atoms with Gasteiger partial charge in [-0.2, -0.15) is 4.89 Å². The Morgan fingerprint density at radius 3 is 2.38 bits per heavy atom. The van der Waals surface area contributed by atoms with Gasteiger partial charge in [-0.05, 0) is 31.2 Å². The molecule has 1 radical (unpaired) electrons. The monoisotopic (exact) mass is 181 g/mol. The number of hydrogen-bond donors (Lipinski definition) is 1. The molecule has 0 aromatic heterocycles. The smallest absolute Gasteiger partial charge is 0.537 e. The third kappa shape index (κ3) is 3.35. The third-order valence-corrected chi connectivity index (χ3v) is 1.29. The van der Waals surface area contributed by atoms with Gasteiger partial charge in [0.2, 0.25) is 0 Å². The summed E-state index contributed by atoms with van der Waals surface area (Å²) in [5, 5.41) is 8.33. The van der Waals surface area contributed by atoms with Gasteiger partial charge in [-0.25, -0.2) is 0 Å². The Balaban J connectivity index is 2.48. The zero-order chi connectivity index (χ0) is 9.52. The molecule has 5 heteroatoms. The minimum atomic E-state index is 0.489. The Bertz CT molecular complexity index is 236. The van der Waals surface area contributed by atoms with E-state index in [1.807, 2.05) is 6.92 Å². The summed E-state index contributed by atoms with van der Waals surface area (Å²) in [4.78, 5) is 9.58. The van der Waals surface area contributed by atoms with Crippen molar-refractivity contribution in [3.63, 3.8) is 0 Å². The van der Waals surface area contributed by atoms with Crippen molar-refractivity contribution in [2.75, 3.05) is 6.61 Å². The molecule has 0 aliphatic heterocycles. The lowest BCUT2D eigenvalue weighted by molar-refractivity contribution is -0.202. The zero-order valence-corrected chi connectivity index (χ0v) is 7.27. The van der Waals surface area contributed by atoms with Crippen LogP contribution >= 0.6 is 0 Å². The van der Waals surface area contributed by atoms with Crippen LogP contribution in [0.15, 0.2) is 24.3 Å². The Morgan fingerprint density at radius 2 is 1.85 bits per heavy atom. The molecule has 13 heavy (non-hydrogen) atoms. The topological polar surface area (TPSA) is 47.9 Å². The SMILES string of the molecule is CCOOc1ccc(O[B]O)cc1. The second-order valence-electron chi connectivity index (χ2n) is 2.18. The van der Waals surface area contributed by atoms with E-state index < -0.39 is 0 Å². The normalized spacial score (nSPS) is 9.38. The van der Waals surface area contributed by atoms with Crippen LogP contribution in [0.3, 0.4) is 0 Å². The molecule has 0 heterocycles. The van der Waals surface area contributed by atoms with Crippen molar-refractivity contribution in [2.45, 2.75) is 6.92 Å². The first-order chi connectivity index (χ1) is 6.36. The summed E-state index contributed by atoms with van der Waals surface area (Å²) in [6, 6.07) is 6.66. The van der Waals surface area contributed by atoms with Gasteiger partial charge in [0.05, 0.1) is 6.61 Å². The van der Waals surface area contributed by atoms with Gasteiger partial charge < -0.3 is 14.6 Å². The summed E-state index contributed by atoms with van der Waals surface area (Å²) in [5.74, 6) is 1.12. The van der Waals surface area contributed by atoms with Gasteiger partial charge >= 0.3 is 7.69 Å². The highest BCUT2D eigenvalue weighted by Crippen LogP contribution is 2.17. The fraction of sp³-hybridized carbons (Fsp3) is 0.250. The summed E-state index contributed by atoms with van der Waals surface area (Å²) in [6.45, 7) is 2.32. The lowest BCUT2D eigenvalue weighted by atomic mass is 10.3. The van der Waals surface area contributed by atoms with Crippen LogP contribution in [-0.4, -0.2) is 19.3 Å². The van der Waals surface area contributed by atoms with Crippen molar-refractivity contribution in [1.29, 1.82) is 0 Å². The van der Waals surface area contributed by atoms with Gasteiger partial charge in [-0.3, -0.25) is 0 Å². The average Bonchev–Trinajstić information content (AvgIpc) is 2.17. The molecular formula is C8H10BO4. The molecule has 0 fully saturated rings. The Hall–Kier alpha value is -1.20. The van der Waals surface area contributed by atoms with Crippen LogP contribution in [0.25, 0.3) is 0 Å². The van der Waals surface area contributed by atoms with E-state index in [4.69, 9.17) is 19.5 Å². The zero-order valence-electron chi connectivity index (χ0n) is 7.27. The molecule has 0 aliphatic rings. The fourth-order valence-electron chi connectivity index (χ4n) is 0.762. The number of benzene rings is 1. The molecule has 0 saturated heterocycles. The minimum Gasteiger partial charge on any atom is -0.537 e. The summed E-state index contributed by atoms with van der Waals surface area (Å²) in [6.07, 6.45) is 0. The fourth-order valence-corrected chi connectivity index (χ4v) is 0.762. The molecular weight excluding hydrogens is 171 g/mol. The second kappa shape index (κ2) is 5.45. The number of hydrogen-bond acceptors (Lipinski definition) is 4. The largest absolute Gasteiger partial charge is 0.569 e. The van der Waals surface area contributed by atoms with Crippen LogP contribution in [-0.2, 0) is 4.89 Å². The molecule has 4 nitrogen and oxygen atoms in total. The van der Waals surface area contributed by atoms with Crippen molar-refractivity contribution >= 4 is 7.69 Å². The molecule has 0 saturated carbocycles. The number of rotatable bonds is 5. The van der Waals surface area contributed by atoms with Gasteiger partial charge in [-0.1, -0.05) is 0 Å². The lowest BCUT2D eigenvalue weighted by Gasteiger charge is -2.04. The summed E-state index contributed by atoms with van der Waals surface area (Å²) >= 11 is 0. The van der Waals surface area contributed by atoms with Crippen molar-refractivity contribution in [3.05, 3.63) is 24.3 Å². The molecule has 0 unspecified atom stereocenters. The van der Waals surface area contributed by atoms with E-state index in [1.165, 1.54) is 0 Å². The molecule has 0 bridgehead atoms. The van der Waals surface area contributed by atoms with E-state index >= 15 is 0 Å². The van der Waals surface area contributed by atoms with E-state index in [1.54, 1.807) is 24.3 Å². The third-order valence-electron chi connectivity index (χ3n) is 1.29. The van der Waals surface area contributed by atoms with Crippen LogP contribution in [0.4, 0.5) is 0 Å². The Labute approximate surface area is 77.3 Å². The standard InChI is InChI=1S/C8H10BO4/c1-2-11-13-8-5-3-7(4-6-8)12-9-10/h3-6,10H,2H2,1H3. The molecule has 1 N–H and O–H groups in total. The molecule has 1 rings (SSSR count). The van der Waals surface area contributed by atoms with Crippen molar-refractivity contribution < 1.29 is 19.5 Å². The molecule has 0 spiro atoms. The van der Waals surface area contributed by atoms with Gasteiger partial charge in [0.15, 0.2) is 5.75 Å². The van der Waals surface area contributed by atoms with Crippen molar-refractivity contribution in [2.24, 2.45) is 0 Å². The van der Waals surface area contributed by atoms with E-state index in [0.29, 0.717) is 25.8 Å². The van der Waals surface area contributed by atoms with Crippen LogP contribution < -0.4 is 9.54 Å². The van der Waals surface area contributed by atoms with E-state index in [-0.39, 0.29) is 0 Å². The highest BCUT2D eigenvalue weighted by atomic mass is 17.2. The first-order valence-corrected chi connectivity index (χ1v) is 3.89. The molecule has 1 aromatic carbocycles. The van der Waals surface area contributed by atoms with E-state index in [0.717, 1.165) is 0 Å². The Morgan fingerprint density at radius 1 is 1.23 bits per heavy atom. The molecule has 0 atom stereocenters. The summed E-state index contributed by atoms with van der Waals surface area (Å²) in [7, 11) is 0.623. The van der Waals surface area contributed by atoms with E-state index in [9.17, 15) is 0 Å². The summed E-state index contributed by atoms with van der Waals surface area (Å²) in [5.41, 5.74) is 0. The highest BCUT2D eigenvalue weighted by Gasteiger charge is 1.96. The molecule has 0 amide bonds. The lowest BCUT2D eigenvalue weighted by Crippen LogP contribution is -2.00. The molecule has 0 aliphatic carbocycles. The van der Waals surface area contributed by atoms with Crippen LogP contribution in [0, 0.1) is 0 Å². The van der Waals surface area contributed by atoms with Gasteiger partial charge in [0.1, 0.15) is 5.75 Å².